The van der Waals surface area contributed by atoms with Crippen LogP contribution in [0, 0.1) is 11.3 Å². The number of nitriles is 1. The lowest BCUT2D eigenvalue weighted by Crippen LogP contribution is -2.45. The van der Waals surface area contributed by atoms with Gasteiger partial charge in [0.25, 0.3) is 0 Å². The summed E-state index contributed by atoms with van der Waals surface area (Å²) in [6, 6.07) is 12.2. The van der Waals surface area contributed by atoms with Crippen LogP contribution in [0.1, 0.15) is 18.4 Å². The molecule has 0 saturated carbocycles. The highest BCUT2D eigenvalue weighted by Gasteiger charge is 2.20. The molecule has 1 aromatic carbocycles. The largest absolute Gasteiger partial charge is 0.353 e. The summed E-state index contributed by atoms with van der Waals surface area (Å²) >= 11 is 0. The summed E-state index contributed by atoms with van der Waals surface area (Å²) in [6.45, 7) is 2.28. The second-order valence-electron chi connectivity index (χ2n) is 4.94. The lowest BCUT2D eigenvalue weighted by molar-refractivity contribution is -0.121. The Kier molecular flexibility index (Phi) is 4.93. The van der Waals surface area contributed by atoms with E-state index in [1.54, 1.807) is 0 Å². The molecule has 0 unspecified atom stereocenters. The van der Waals surface area contributed by atoms with E-state index in [9.17, 15) is 4.79 Å². The van der Waals surface area contributed by atoms with Crippen molar-refractivity contribution in [3.8, 4) is 6.07 Å². The number of amides is 1. The molecule has 1 aromatic rings. The summed E-state index contributed by atoms with van der Waals surface area (Å²) in [4.78, 5) is 14.0. The predicted molar refractivity (Wildman–Crippen MR) is 73.4 cm³/mol. The van der Waals surface area contributed by atoms with Gasteiger partial charge in [-0.2, -0.15) is 5.26 Å². The van der Waals surface area contributed by atoms with E-state index < -0.39 is 0 Å². The highest BCUT2D eigenvalue weighted by atomic mass is 16.1. The maximum Gasteiger partial charge on any atom is 0.224 e. The molecule has 1 aliphatic rings. The Morgan fingerprint density at radius 3 is 2.63 bits per heavy atom. The average Bonchev–Trinajstić information content (AvgIpc) is 2.42. The van der Waals surface area contributed by atoms with Gasteiger partial charge in [0.15, 0.2) is 0 Å². The van der Waals surface area contributed by atoms with Crippen LogP contribution in [0.25, 0.3) is 0 Å². The molecule has 0 spiro atoms. The normalized spacial score (nSPS) is 16.8. The lowest BCUT2D eigenvalue weighted by Gasteiger charge is -2.30. The minimum atomic E-state index is 0.0879. The molecular weight excluding hydrogens is 238 g/mol. The Labute approximate surface area is 114 Å². The fourth-order valence-electron chi connectivity index (χ4n) is 2.40. The van der Waals surface area contributed by atoms with Crippen molar-refractivity contribution in [3.63, 3.8) is 0 Å². The highest BCUT2D eigenvalue weighted by Crippen LogP contribution is 2.10. The molecule has 1 aliphatic heterocycles. The minimum absolute atomic E-state index is 0.0879. The zero-order chi connectivity index (χ0) is 13.5. The third kappa shape index (κ3) is 4.38. The van der Waals surface area contributed by atoms with Gasteiger partial charge in [0.05, 0.1) is 19.0 Å². The first kappa shape index (κ1) is 13.6. The van der Waals surface area contributed by atoms with E-state index in [-0.39, 0.29) is 11.9 Å². The molecular formula is C15H19N3O. The fraction of sp³-hybridized carbons (Fsp3) is 0.467. The molecule has 4 nitrogen and oxygen atoms in total. The monoisotopic (exact) mass is 257 g/mol. The predicted octanol–water partition coefficient (Wildman–Crippen LogP) is 1.33. The Balaban J connectivity index is 1.74. The van der Waals surface area contributed by atoms with Gasteiger partial charge in [-0.1, -0.05) is 30.3 Å². The Bertz CT molecular complexity index is 444. The molecule has 0 aliphatic carbocycles. The summed E-state index contributed by atoms with van der Waals surface area (Å²) in [7, 11) is 0. The highest BCUT2D eigenvalue weighted by molar-refractivity contribution is 5.78. The summed E-state index contributed by atoms with van der Waals surface area (Å²) in [5.74, 6) is 0.0879. The number of nitrogens with zero attached hydrogens (tertiary/aromatic N) is 2. The van der Waals surface area contributed by atoms with Crippen LogP contribution in [0.4, 0.5) is 0 Å². The molecule has 1 amide bonds. The molecule has 100 valence electrons. The first-order valence-electron chi connectivity index (χ1n) is 6.70. The molecule has 1 fully saturated rings. The van der Waals surface area contributed by atoms with Gasteiger partial charge in [0, 0.05) is 19.1 Å². The zero-order valence-electron chi connectivity index (χ0n) is 11.0. The topological polar surface area (TPSA) is 56.1 Å². The number of rotatable bonds is 4. The van der Waals surface area contributed by atoms with Gasteiger partial charge >= 0.3 is 0 Å². The molecule has 0 bridgehead atoms. The maximum absolute atomic E-state index is 11.9. The Hall–Kier alpha value is -1.86. The quantitative estimate of drug-likeness (QED) is 0.828. The number of benzene rings is 1. The fourth-order valence-corrected chi connectivity index (χ4v) is 2.40. The van der Waals surface area contributed by atoms with Crippen LogP contribution in [-0.2, 0) is 11.2 Å². The molecule has 1 saturated heterocycles. The van der Waals surface area contributed by atoms with Crippen molar-refractivity contribution in [2.75, 3.05) is 19.6 Å². The van der Waals surface area contributed by atoms with Crippen LogP contribution in [0.5, 0.6) is 0 Å². The van der Waals surface area contributed by atoms with Gasteiger partial charge in [0.2, 0.25) is 5.91 Å². The molecule has 1 N–H and O–H groups in total. The van der Waals surface area contributed by atoms with Gasteiger partial charge in [0.1, 0.15) is 0 Å². The lowest BCUT2D eigenvalue weighted by atomic mass is 10.0. The third-order valence-electron chi connectivity index (χ3n) is 3.45. The van der Waals surface area contributed by atoms with Crippen LogP contribution < -0.4 is 5.32 Å². The van der Waals surface area contributed by atoms with E-state index in [0.29, 0.717) is 13.0 Å². The molecule has 0 atom stereocenters. The number of nitrogens with one attached hydrogen (secondary N) is 1. The van der Waals surface area contributed by atoms with E-state index in [2.05, 4.69) is 16.3 Å². The molecule has 4 heteroatoms. The van der Waals surface area contributed by atoms with Gasteiger partial charge in [-0.15, -0.1) is 0 Å². The van der Waals surface area contributed by atoms with Crippen molar-refractivity contribution in [1.82, 2.24) is 10.2 Å². The molecule has 19 heavy (non-hydrogen) atoms. The Morgan fingerprint density at radius 1 is 1.32 bits per heavy atom. The SMILES string of the molecule is N#CCN1CCC(NC(=O)Cc2ccccc2)CC1. The van der Waals surface area contributed by atoms with Gasteiger partial charge < -0.3 is 5.32 Å². The van der Waals surface area contributed by atoms with E-state index in [1.807, 2.05) is 30.3 Å². The number of carbonyl (C=O) groups is 1. The number of piperidine rings is 1. The number of carbonyl (C=O) groups excluding carboxylic acids is 1. The Morgan fingerprint density at radius 2 is 2.00 bits per heavy atom. The smallest absolute Gasteiger partial charge is 0.224 e. The first-order valence-corrected chi connectivity index (χ1v) is 6.70. The number of hydrogen-bond acceptors (Lipinski definition) is 3. The molecule has 2 rings (SSSR count). The van der Waals surface area contributed by atoms with Crippen LogP contribution in [0.3, 0.4) is 0 Å². The van der Waals surface area contributed by atoms with E-state index in [1.165, 1.54) is 0 Å². The number of hydrogen-bond donors (Lipinski definition) is 1. The van der Waals surface area contributed by atoms with Crippen molar-refractivity contribution in [2.45, 2.75) is 25.3 Å². The zero-order valence-corrected chi connectivity index (χ0v) is 11.0. The van der Waals surface area contributed by atoms with Crippen LogP contribution in [0.2, 0.25) is 0 Å². The summed E-state index contributed by atoms with van der Waals surface area (Å²) in [5.41, 5.74) is 1.04. The van der Waals surface area contributed by atoms with Crippen LogP contribution >= 0.6 is 0 Å². The van der Waals surface area contributed by atoms with Gasteiger partial charge in [-0.3, -0.25) is 9.69 Å². The number of likely N-dealkylation sites (tertiary alicyclic amines) is 1. The van der Waals surface area contributed by atoms with E-state index >= 15 is 0 Å². The molecule has 0 aromatic heterocycles. The summed E-state index contributed by atoms with van der Waals surface area (Å²) in [5, 5.41) is 11.7. The van der Waals surface area contributed by atoms with Crippen molar-refractivity contribution < 1.29 is 4.79 Å². The maximum atomic E-state index is 11.9. The first-order chi connectivity index (χ1) is 9.28. The van der Waals surface area contributed by atoms with Crippen molar-refractivity contribution >= 4 is 5.91 Å². The van der Waals surface area contributed by atoms with Crippen molar-refractivity contribution in [1.29, 1.82) is 5.26 Å². The third-order valence-corrected chi connectivity index (χ3v) is 3.45. The van der Waals surface area contributed by atoms with E-state index in [4.69, 9.17) is 5.26 Å². The van der Waals surface area contributed by atoms with E-state index in [0.717, 1.165) is 31.5 Å². The second kappa shape index (κ2) is 6.91. The second-order valence-corrected chi connectivity index (χ2v) is 4.94. The van der Waals surface area contributed by atoms with Crippen LogP contribution in [0.15, 0.2) is 30.3 Å². The van der Waals surface area contributed by atoms with Gasteiger partial charge in [-0.05, 0) is 18.4 Å². The van der Waals surface area contributed by atoms with Crippen molar-refractivity contribution in [2.24, 2.45) is 0 Å². The van der Waals surface area contributed by atoms with Crippen LogP contribution in [-0.4, -0.2) is 36.5 Å². The van der Waals surface area contributed by atoms with Gasteiger partial charge in [-0.25, -0.2) is 0 Å². The molecule has 0 radical (unpaired) electrons. The van der Waals surface area contributed by atoms with Crippen molar-refractivity contribution in [3.05, 3.63) is 35.9 Å². The average molecular weight is 257 g/mol. The molecule has 1 heterocycles. The summed E-state index contributed by atoms with van der Waals surface area (Å²) < 4.78 is 0. The minimum Gasteiger partial charge on any atom is -0.353 e. The standard InChI is InChI=1S/C15H19N3O/c16-8-11-18-9-6-14(7-10-18)17-15(19)12-13-4-2-1-3-5-13/h1-5,14H,6-7,9-12H2,(H,17,19). The summed E-state index contributed by atoms with van der Waals surface area (Å²) in [6.07, 6.45) is 2.31.